The lowest BCUT2D eigenvalue weighted by molar-refractivity contribution is -0.137. The zero-order valence-corrected chi connectivity index (χ0v) is 17.1. The van der Waals surface area contributed by atoms with Crippen LogP contribution in [0, 0.1) is 0 Å². The van der Waals surface area contributed by atoms with Gasteiger partial charge in [0.2, 0.25) is 0 Å². The van der Waals surface area contributed by atoms with E-state index in [0.29, 0.717) is 11.3 Å². The molecule has 0 saturated heterocycles. The third-order valence-corrected chi connectivity index (χ3v) is 5.23. The summed E-state index contributed by atoms with van der Waals surface area (Å²) in [4.78, 5) is 27.5. The molecule has 4 rings (SSSR count). The second-order valence-electron chi connectivity index (χ2n) is 7.28. The van der Waals surface area contributed by atoms with E-state index in [-0.39, 0.29) is 17.0 Å². The Balaban J connectivity index is 1.74. The van der Waals surface area contributed by atoms with Crippen LogP contribution in [0.1, 0.15) is 23.6 Å². The Kier molecular flexibility index (Phi) is 5.57. The van der Waals surface area contributed by atoms with Crippen LogP contribution < -0.4 is 10.2 Å². The van der Waals surface area contributed by atoms with E-state index in [9.17, 15) is 22.8 Å². The minimum Gasteiger partial charge on any atom is -0.350 e. The average molecular weight is 436 g/mol. The van der Waals surface area contributed by atoms with Gasteiger partial charge < -0.3 is 5.32 Å². The third-order valence-electron chi connectivity index (χ3n) is 5.23. The van der Waals surface area contributed by atoms with Gasteiger partial charge in [0, 0.05) is 5.69 Å². The largest absolute Gasteiger partial charge is 0.416 e. The number of benzene rings is 3. The first-order valence-electron chi connectivity index (χ1n) is 10.0. The summed E-state index contributed by atoms with van der Waals surface area (Å²) in [6.45, 7) is 2.03. The van der Waals surface area contributed by atoms with Crippen molar-refractivity contribution in [1.29, 1.82) is 0 Å². The second-order valence-corrected chi connectivity index (χ2v) is 7.28. The number of carbonyl (C=O) groups is 2. The molecular formula is C25H19F3N2O2. The zero-order valence-electron chi connectivity index (χ0n) is 17.1. The quantitative estimate of drug-likeness (QED) is 0.525. The number of imide groups is 1. The van der Waals surface area contributed by atoms with Crippen molar-refractivity contribution in [2.45, 2.75) is 19.5 Å². The van der Waals surface area contributed by atoms with E-state index in [1.807, 2.05) is 31.2 Å². The van der Waals surface area contributed by atoms with Crippen LogP contribution >= 0.6 is 0 Å². The third kappa shape index (κ3) is 4.01. The summed E-state index contributed by atoms with van der Waals surface area (Å²) < 4.78 is 38.8. The monoisotopic (exact) mass is 436 g/mol. The summed E-state index contributed by atoms with van der Waals surface area (Å²) in [5.74, 6) is -1.23. The maximum absolute atomic E-state index is 13.3. The summed E-state index contributed by atoms with van der Waals surface area (Å²) in [6.07, 6.45) is -3.65. The van der Waals surface area contributed by atoms with E-state index in [2.05, 4.69) is 5.32 Å². The predicted octanol–water partition coefficient (Wildman–Crippen LogP) is 5.66. The molecule has 0 radical (unpaired) electrons. The molecule has 1 heterocycles. The molecule has 0 aromatic heterocycles. The number of carbonyl (C=O) groups excluding carboxylic acids is 2. The van der Waals surface area contributed by atoms with Gasteiger partial charge in [0.25, 0.3) is 11.8 Å². The lowest BCUT2D eigenvalue weighted by Crippen LogP contribution is -2.32. The highest BCUT2D eigenvalue weighted by molar-refractivity contribution is 6.46. The Morgan fingerprint density at radius 1 is 0.812 bits per heavy atom. The van der Waals surface area contributed by atoms with E-state index < -0.39 is 23.6 Å². The molecule has 7 heteroatoms. The number of anilines is 2. The van der Waals surface area contributed by atoms with Gasteiger partial charge in [-0.1, -0.05) is 49.4 Å². The van der Waals surface area contributed by atoms with Crippen LogP contribution in [0.2, 0.25) is 0 Å². The highest BCUT2D eigenvalue weighted by Gasteiger charge is 2.40. The fourth-order valence-electron chi connectivity index (χ4n) is 3.52. The fourth-order valence-corrected chi connectivity index (χ4v) is 3.52. The second kappa shape index (κ2) is 8.34. The summed E-state index contributed by atoms with van der Waals surface area (Å²) in [5.41, 5.74) is 1.73. The summed E-state index contributed by atoms with van der Waals surface area (Å²) >= 11 is 0. The first kappa shape index (κ1) is 21.4. The molecule has 162 valence electrons. The van der Waals surface area contributed by atoms with Crippen molar-refractivity contribution >= 4 is 28.8 Å². The molecular weight excluding hydrogens is 417 g/mol. The Labute approximate surface area is 183 Å². The van der Waals surface area contributed by atoms with Crippen LogP contribution in [-0.2, 0) is 22.2 Å². The van der Waals surface area contributed by atoms with Crippen LogP contribution in [0.4, 0.5) is 24.5 Å². The Hall–Kier alpha value is -3.87. The van der Waals surface area contributed by atoms with Crippen molar-refractivity contribution in [2.24, 2.45) is 0 Å². The normalized spacial score (nSPS) is 14.3. The number of halogens is 3. The molecule has 1 aliphatic rings. The number of aryl methyl sites for hydroxylation is 1. The number of hydrogen-bond acceptors (Lipinski definition) is 3. The molecule has 0 bridgehead atoms. The smallest absolute Gasteiger partial charge is 0.350 e. The molecule has 0 atom stereocenters. The fraction of sp³-hybridized carbons (Fsp3) is 0.120. The van der Waals surface area contributed by atoms with Crippen molar-refractivity contribution < 1.29 is 22.8 Å². The molecule has 3 aromatic rings. The van der Waals surface area contributed by atoms with Gasteiger partial charge in [0.05, 0.1) is 16.8 Å². The van der Waals surface area contributed by atoms with Crippen LogP contribution in [0.15, 0.2) is 84.6 Å². The van der Waals surface area contributed by atoms with Gasteiger partial charge in [-0.05, 0) is 53.9 Å². The van der Waals surface area contributed by atoms with Gasteiger partial charge in [-0.25, -0.2) is 4.90 Å². The molecule has 0 fully saturated rings. The average Bonchev–Trinajstić information content (AvgIpc) is 3.03. The van der Waals surface area contributed by atoms with E-state index in [1.54, 1.807) is 30.3 Å². The van der Waals surface area contributed by atoms with Crippen LogP contribution in [0.25, 0.3) is 5.57 Å². The highest BCUT2D eigenvalue weighted by Crippen LogP contribution is 2.35. The molecule has 2 amide bonds. The standard InChI is InChI=1S/C25H19F3N2O2/c1-2-16-8-12-19(13-9-16)29-22-21(17-6-4-3-5-7-17)23(31)30(24(22)32)20-14-10-18(11-15-20)25(26,27)28/h3-15,29H,2H2,1H3. The van der Waals surface area contributed by atoms with Gasteiger partial charge in [0.15, 0.2) is 0 Å². The SMILES string of the molecule is CCc1ccc(NC2=C(c3ccccc3)C(=O)N(c3ccc(C(F)(F)F)cc3)C2=O)cc1. The van der Waals surface area contributed by atoms with Gasteiger partial charge >= 0.3 is 6.18 Å². The zero-order chi connectivity index (χ0) is 22.9. The molecule has 0 unspecified atom stereocenters. The minimum absolute atomic E-state index is 0.0690. The number of hydrogen-bond donors (Lipinski definition) is 1. The molecule has 1 N–H and O–H groups in total. The minimum atomic E-state index is -4.51. The lowest BCUT2D eigenvalue weighted by atomic mass is 10.0. The van der Waals surface area contributed by atoms with Crippen molar-refractivity contribution in [3.05, 3.63) is 101 Å². The first-order valence-corrected chi connectivity index (χ1v) is 10.0. The summed E-state index contributed by atoms with van der Waals surface area (Å²) in [6, 6.07) is 20.1. The predicted molar refractivity (Wildman–Crippen MR) is 117 cm³/mol. The van der Waals surface area contributed by atoms with Crippen LogP contribution in [0.3, 0.4) is 0 Å². The summed E-state index contributed by atoms with van der Waals surface area (Å²) in [7, 11) is 0. The van der Waals surface area contributed by atoms with Gasteiger partial charge in [-0.2, -0.15) is 13.2 Å². The Morgan fingerprint density at radius 2 is 1.44 bits per heavy atom. The van der Waals surface area contributed by atoms with E-state index in [0.717, 1.165) is 41.1 Å². The molecule has 1 aliphatic heterocycles. The van der Waals surface area contributed by atoms with E-state index >= 15 is 0 Å². The Bertz CT molecular complexity index is 1180. The number of alkyl halides is 3. The van der Waals surface area contributed by atoms with Crippen molar-refractivity contribution in [3.63, 3.8) is 0 Å². The maximum atomic E-state index is 13.3. The Morgan fingerprint density at radius 3 is 2.00 bits per heavy atom. The topological polar surface area (TPSA) is 49.4 Å². The lowest BCUT2D eigenvalue weighted by Gasteiger charge is -2.16. The van der Waals surface area contributed by atoms with E-state index in [1.165, 1.54) is 0 Å². The number of rotatable bonds is 5. The van der Waals surface area contributed by atoms with Crippen molar-refractivity contribution in [1.82, 2.24) is 0 Å². The van der Waals surface area contributed by atoms with Crippen molar-refractivity contribution in [2.75, 3.05) is 10.2 Å². The number of amides is 2. The molecule has 0 aliphatic carbocycles. The van der Waals surface area contributed by atoms with Crippen molar-refractivity contribution in [3.8, 4) is 0 Å². The van der Waals surface area contributed by atoms with Crippen LogP contribution in [0.5, 0.6) is 0 Å². The molecule has 3 aromatic carbocycles. The van der Waals surface area contributed by atoms with E-state index in [4.69, 9.17) is 0 Å². The number of nitrogens with one attached hydrogen (secondary N) is 1. The maximum Gasteiger partial charge on any atom is 0.416 e. The first-order chi connectivity index (χ1) is 15.3. The highest BCUT2D eigenvalue weighted by atomic mass is 19.4. The molecule has 4 nitrogen and oxygen atoms in total. The molecule has 0 spiro atoms. The molecule has 0 saturated carbocycles. The van der Waals surface area contributed by atoms with Gasteiger partial charge in [-0.15, -0.1) is 0 Å². The molecule has 32 heavy (non-hydrogen) atoms. The van der Waals surface area contributed by atoms with Crippen LogP contribution in [-0.4, -0.2) is 11.8 Å². The van der Waals surface area contributed by atoms with Gasteiger partial charge in [-0.3, -0.25) is 9.59 Å². The number of nitrogens with zero attached hydrogens (tertiary/aromatic N) is 1. The summed E-state index contributed by atoms with van der Waals surface area (Å²) in [5, 5.41) is 3.04. The van der Waals surface area contributed by atoms with Gasteiger partial charge in [0.1, 0.15) is 5.70 Å².